The minimum Gasteiger partial charge on any atom is -0.385 e. The molecule has 1 unspecified atom stereocenters. The molecule has 0 aliphatic carbocycles. The number of nitrogens with zero attached hydrogens (tertiary/aromatic N) is 4. The van der Waals surface area contributed by atoms with Crippen LogP contribution in [0.3, 0.4) is 0 Å². The highest BCUT2D eigenvalue weighted by Crippen LogP contribution is 2.31. The number of urea groups is 1. The van der Waals surface area contributed by atoms with Crippen molar-refractivity contribution in [3.63, 3.8) is 0 Å². The minimum absolute atomic E-state index is 0.00405. The third-order valence-corrected chi connectivity index (χ3v) is 5.60. The number of aromatic nitrogens is 1. The smallest absolute Gasteiger partial charge is 0.385 e. The molecule has 148 valence electrons. The maximum atomic E-state index is 12.9. The highest BCUT2D eigenvalue weighted by molar-refractivity contribution is 7.90. The summed E-state index contributed by atoms with van der Waals surface area (Å²) in [5.41, 5.74) is 5.77. The van der Waals surface area contributed by atoms with Gasteiger partial charge < -0.3 is 10.6 Å². The lowest BCUT2D eigenvalue weighted by molar-refractivity contribution is -0.0316. The van der Waals surface area contributed by atoms with Crippen LogP contribution in [0.2, 0.25) is 0 Å². The van der Waals surface area contributed by atoms with E-state index in [9.17, 15) is 26.0 Å². The monoisotopic (exact) mass is 423 g/mol. The Morgan fingerprint density at radius 3 is 2.63 bits per heavy atom. The number of rotatable bonds is 5. The fraction of sp³-hybridized carbons (Fsp3) is 0.417. The van der Waals surface area contributed by atoms with Gasteiger partial charge in [-0.25, -0.2) is 14.2 Å². The summed E-state index contributed by atoms with van der Waals surface area (Å²) in [5, 5.41) is -0.0248. The van der Waals surface area contributed by atoms with Crippen molar-refractivity contribution in [2.45, 2.75) is 30.0 Å². The maximum Gasteiger partial charge on any atom is 0.418 e. The van der Waals surface area contributed by atoms with E-state index in [1.165, 1.54) is 0 Å². The number of hydrogen-bond donors (Lipinski definition) is 2. The number of pyridine rings is 1. The first-order valence-electron chi connectivity index (χ1n) is 7.46. The van der Waals surface area contributed by atoms with E-state index in [2.05, 4.69) is 13.7 Å². The third-order valence-electron chi connectivity index (χ3n) is 4.03. The Balaban J connectivity index is 1.84. The molecule has 1 aromatic heterocycles. The second-order valence-electron chi connectivity index (χ2n) is 5.82. The van der Waals surface area contributed by atoms with E-state index in [0.717, 1.165) is 17.0 Å². The fourth-order valence-electron chi connectivity index (χ4n) is 2.90. The first kappa shape index (κ1) is 19.4. The SMILES string of the molecule is N/C(=N\S(=O)(=O)c1ccc(F)cn1)C1CC[C@@H]2CN1C(=O)N2OS(=O)(=O)O. The summed E-state index contributed by atoms with van der Waals surface area (Å²) in [6.45, 7) is 0.00405. The summed E-state index contributed by atoms with van der Waals surface area (Å²) in [6, 6.07) is -0.680. The molecule has 3 heterocycles. The highest BCUT2D eigenvalue weighted by Gasteiger charge is 2.48. The van der Waals surface area contributed by atoms with E-state index in [1.54, 1.807) is 0 Å². The number of hydroxylamine groups is 2. The van der Waals surface area contributed by atoms with Gasteiger partial charge in [0.05, 0.1) is 18.3 Å². The Morgan fingerprint density at radius 1 is 1.33 bits per heavy atom. The fourth-order valence-corrected chi connectivity index (χ4v) is 4.21. The van der Waals surface area contributed by atoms with Crippen LogP contribution in [0.4, 0.5) is 9.18 Å². The van der Waals surface area contributed by atoms with Gasteiger partial charge in [0.1, 0.15) is 11.7 Å². The van der Waals surface area contributed by atoms with Gasteiger partial charge in [-0.2, -0.15) is 21.9 Å². The lowest BCUT2D eigenvalue weighted by Gasteiger charge is -2.29. The van der Waals surface area contributed by atoms with E-state index in [4.69, 9.17) is 10.3 Å². The van der Waals surface area contributed by atoms with Gasteiger partial charge in [0.15, 0.2) is 5.03 Å². The van der Waals surface area contributed by atoms with Crippen LogP contribution in [0.1, 0.15) is 12.8 Å². The molecular formula is C12H14FN5O7S2. The Morgan fingerprint density at radius 2 is 2.04 bits per heavy atom. The molecule has 2 fully saturated rings. The van der Waals surface area contributed by atoms with Gasteiger partial charge in [-0.05, 0) is 25.0 Å². The number of amidine groups is 1. The lowest BCUT2D eigenvalue weighted by Crippen LogP contribution is -2.48. The van der Waals surface area contributed by atoms with Gasteiger partial charge in [0.2, 0.25) is 0 Å². The van der Waals surface area contributed by atoms with Crippen molar-refractivity contribution in [1.29, 1.82) is 0 Å². The van der Waals surface area contributed by atoms with Crippen molar-refractivity contribution in [2.75, 3.05) is 6.54 Å². The van der Waals surface area contributed by atoms with Crippen LogP contribution in [0.5, 0.6) is 0 Å². The molecular weight excluding hydrogens is 409 g/mol. The molecule has 2 atom stereocenters. The topological polar surface area (TPSA) is 173 Å². The van der Waals surface area contributed by atoms with Crippen LogP contribution in [-0.4, -0.2) is 66.8 Å². The number of fused-ring (bicyclic) bond motifs is 2. The second kappa shape index (κ2) is 6.66. The quantitative estimate of drug-likeness (QED) is 0.352. The van der Waals surface area contributed by atoms with Gasteiger partial charge in [0.25, 0.3) is 0 Å². The van der Waals surface area contributed by atoms with Crippen LogP contribution >= 0.6 is 0 Å². The molecule has 2 aliphatic rings. The maximum absolute atomic E-state index is 12.9. The molecule has 0 saturated carbocycles. The van der Waals surface area contributed by atoms with Gasteiger partial charge in [0, 0.05) is 6.54 Å². The average Bonchev–Trinajstić information content (AvgIpc) is 2.78. The van der Waals surface area contributed by atoms with Crippen LogP contribution < -0.4 is 5.73 Å². The predicted octanol–water partition coefficient (Wildman–Crippen LogP) is -0.730. The molecule has 0 radical (unpaired) electrons. The van der Waals surface area contributed by atoms with Crippen LogP contribution in [0.25, 0.3) is 0 Å². The van der Waals surface area contributed by atoms with Gasteiger partial charge >= 0.3 is 26.5 Å². The van der Waals surface area contributed by atoms with E-state index < -0.39 is 55.2 Å². The number of sulfonamides is 1. The molecule has 3 rings (SSSR count). The molecule has 2 saturated heterocycles. The van der Waals surface area contributed by atoms with E-state index in [0.29, 0.717) is 11.3 Å². The second-order valence-corrected chi connectivity index (χ2v) is 8.37. The highest BCUT2D eigenvalue weighted by atomic mass is 32.3. The van der Waals surface area contributed by atoms with Crippen molar-refractivity contribution < 1.29 is 34.9 Å². The summed E-state index contributed by atoms with van der Waals surface area (Å²) in [4.78, 5) is 16.8. The number of carbonyl (C=O) groups excluding carboxylic acids is 1. The standard InChI is InChI=1S/C12H14FN5O7S2/c13-7-1-4-10(15-5-7)26(20,21)16-11(14)9-3-2-8-6-17(9)12(19)18(8)25-27(22,23)24/h1,4-5,8-9H,2-3,6H2,(H2,14,16)(H,22,23,24)/t8-,9?/m1/s1. The zero-order valence-electron chi connectivity index (χ0n) is 13.5. The number of carbonyl (C=O) groups is 1. The van der Waals surface area contributed by atoms with Crippen molar-refractivity contribution in [3.8, 4) is 0 Å². The van der Waals surface area contributed by atoms with E-state index in [1.807, 2.05) is 0 Å². The van der Waals surface area contributed by atoms with E-state index in [-0.39, 0.29) is 19.4 Å². The average molecular weight is 423 g/mol. The summed E-state index contributed by atoms with van der Waals surface area (Å²) in [6.07, 6.45) is 1.12. The summed E-state index contributed by atoms with van der Waals surface area (Å²) in [5.74, 6) is -1.15. The summed E-state index contributed by atoms with van der Waals surface area (Å²) >= 11 is 0. The van der Waals surface area contributed by atoms with E-state index >= 15 is 0 Å². The first-order chi connectivity index (χ1) is 12.5. The van der Waals surface area contributed by atoms with Gasteiger partial charge in [-0.3, -0.25) is 4.55 Å². The van der Waals surface area contributed by atoms with Crippen LogP contribution in [0.15, 0.2) is 27.8 Å². The molecule has 3 N–H and O–H groups in total. The molecule has 1 aromatic rings. The molecule has 0 spiro atoms. The Hall–Kier alpha value is -2.36. The van der Waals surface area contributed by atoms with Crippen molar-refractivity contribution in [1.82, 2.24) is 14.9 Å². The molecule has 15 heteroatoms. The first-order valence-corrected chi connectivity index (χ1v) is 10.3. The number of piperidine rings is 1. The molecule has 27 heavy (non-hydrogen) atoms. The number of amides is 2. The Kier molecular flexibility index (Phi) is 4.79. The molecule has 2 bridgehead atoms. The third kappa shape index (κ3) is 4.00. The summed E-state index contributed by atoms with van der Waals surface area (Å²) in [7, 11) is -9.24. The Labute approximate surface area is 153 Å². The number of halogens is 1. The van der Waals surface area contributed by atoms with Crippen LogP contribution in [-0.2, 0) is 24.7 Å². The van der Waals surface area contributed by atoms with Crippen molar-refractivity contribution in [3.05, 3.63) is 24.1 Å². The largest absolute Gasteiger partial charge is 0.418 e. The summed E-state index contributed by atoms with van der Waals surface area (Å²) < 4.78 is 75.6. The van der Waals surface area contributed by atoms with Gasteiger partial charge in [-0.1, -0.05) is 0 Å². The molecule has 2 amide bonds. The lowest BCUT2D eigenvalue weighted by atomic mass is 10.0. The van der Waals surface area contributed by atoms with Crippen molar-refractivity contribution >= 4 is 32.3 Å². The molecule has 0 aromatic carbocycles. The zero-order chi connectivity index (χ0) is 20.0. The molecule has 12 nitrogen and oxygen atoms in total. The molecule has 2 aliphatic heterocycles. The number of hydrogen-bond acceptors (Lipinski definition) is 7. The van der Waals surface area contributed by atoms with Gasteiger partial charge in [-0.15, -0.1) is 8.68 Å². The zero-order valence-corrected chi connectivity index (χ0v) is 15.1. The Bertz CT molecular complexity index is 995. The van der Waals surface area contributed by atoms with Crippen LogP contribution in [0, 0.1) is 5.82 Å². The minimum atomic E-state index is -4.90. The predicted molar refractivity (Wildman–Crippen MR) is 86.4 cm³/mol. The normalized spacial score (nSPS) is 23.8. The number of nitrogens with two attached hydrogens (primary N) is 1. The van der Waals surface area contributed by atoms with Crippen molar-refractivity contribution in [2.24, 2.45) is 10.1 Å².